The molecule has 2 aromatic rings. The molecule has 1 aliphatic rings. The van der Waals surface area contributed by atoms with Crippen LogP contribution in [0.1, 0.15) is 60.7 Å². The predicted octanol–water partition coefficient (Wildman–Crippen LogP) is 4.26. The summed E-state index contributed by atoms with van der Waals surface area (Å²) in [5, 5.41) is 7.17. The first-order chi connectivity index (χ1) is 13.0. The van der Waals surface area contributed by atoms with Gasteiger partial charge >= 0.3 is 0 Å². The van der Waals surface area contributed by atoms with Gasteiger partial charge in [-0.1, -0.05) is 31.4 Å². The highest BCUT2D eigenvalue weighted by molar-refractivity contribution is 6.02. The van der Waals surface area contributed by atoms with Crippen LogP contribution in [0.4, 0.5) is 5.69 Å². The zero-order valence-corrected chi connectivity index (χ0v) is 15.7. The number of hydrazone groups is 1. The van der Waals surface area contributed by atoms with E-state index in [-0.39, 0.29) is 17.7 Å². The number of rotatable bonds is 5. The molecule has 1 saturated carbocycles. The number of aryl methyl sites for hydroxylation is 1. The second kappa shape index (κ2) is 8.66. The Balaban J connectivity index is 1.64. The number of furan rings is 1. The molecule has 2 amide bonds. The predicted molar refractivity (Wildman–Crippen MR) is 105 cm³/mol. The molecule has 0 bridgehead atoms. The van der Waals surface area contributed by atoms with Crippen molar-refractivity contribution in [1.82, 2.24) is 5.43 Å². The van der Waals surface area contributed by atoms with Gasteiger partial charge in [-0.15, -0.1) is 0 Å². The van der Waals surface area contributed by atoms with Crippen LogP contribution in [0.25, 0.3) is 0 Å². The average molecular weight is 367 g/mol. The number of carbonyl (C=O) groups is 2. The van der Waals surface area contributed by atoms with Crippen molar-refractivity contribution in [2.75, 3.05) is 5.32 Å². The van der Waals surface area contributed by atoms with E-state index in [2.05, 4.69) is 15.8 Å². The summed E-state index contributed by atoms with van der Waals surface area (Å²) in [6.07, 6.45) is 6.87. The zero-order valence-electron chi connectivity index (χ0n) is 15.7. The van der Waals surface area contributed by atoms with Gasteiger partial charge in [-0.3, -0.25) is 9.59 Å². The Kier molecular flexibility index (Phi) is 6.06. The van der Waals surface area contributed by atoms with Crippen LogP contribution in [0, 0.1) is 12.8 Å². The molecule has 3 rings (SSSR count). The highest BCUT2D eigenvalue weighted by Crippen LogP contribution is 2.25. The van der Waals surface area contributed by atoms with Gasteiger partial charge in [0.2, 0.25) is 5.91 Å². The molecule has 0 radical (unpaired) electrons. The molecule has 2 N–H and O–H groups in total. The molecular formula is C21H25N3O3. The summed E-state index contributed by atoms with van der Waals surface area (Å²) >= 11 is 0. The zero-order chi connectivity index (χ0) is 19.2. The Labute approximate surface area is 159 Å². The van der Waals surface area contributed by atoms with E-state index in [9.17, 15) is 9.59 Å². The topological polar surface area (TPSA) is 83.7 Å². The summed E-state index contributed by atoms with van der Waals surface area (Å²) < 4.78 is 5.13. The van der Waals surface area contributed by atoms with E-state index in [1.165, 1.54) is 12.7 Å². The molecular weight excluding hydrogens is 342 g/mol. The first kappa shape index (κ1) is 18.9. The van der Waals surface area contributed by atoms with Gasteiger partial charge in [-0.2, -0.15) is 5.10 Å². The van der Waals surface area contributed by atoms with Gasteiger partial charge in [0, 0.05) is 11.6 Å². The molecule has 1 aromatic heterocycles. The van der Waals surface area contributed by atoms with Crippen molar-refractivity contribution in [2.24, 2.45) is 11.0 Å². The standard InChI is InChI=1S/C21H25N3O3/c1-14(23-24-21(26)19-11-12-27-15(19)2)17-9-6-10-18(13-17)22-20(25)16-7-4-3-5-8-16/h6,9-13,16H,3-5,7-8H2,1-2H3,(H,22,25)(H,24,26)/b23-14+. The number of nitrogens with zero attached hydrogens (tertiary/aromatic N) is 1. The van der Waals surface area contributed by atoms with Gasteiger partial charge in [0.25, 0.3) is 5.91 Å². The molecule has 0 aliphatic heterocycles. The monoisotopic (exact) mass is 367 g/mol. The molecule has 6 nitrogen and oxygen atoms in total. The molecule has 1 heterocycles. The number of amides is 2. The maximum absolute atomic E-state index is 12.4. The maximum Gasteiger partial charge on any atom is 0.274 e. The van der Waals surface area contributed by atoms with Crippen LogP contribution in [0.2, 0.25) is 0 Å². The summed E-state index contributed by atoms with van der Waals surface area (Å²) in [5.41, 5.74) is 5.23. The van der Waals surface area contributed by atoms with Gasteiger partial charge < -0.3 is 9.73 Å². The number of carbonyl (C=O) groups excluding carboxylic acids is 2. The second-order valence-electron chi connectivity index (χ2n) is 6.93. The van der Waals surface area contributed by atoms with Crippen molar-refractivity contribution in [2.45, 2.75) is 46.0 Å². The minimum atomic E-state index is -0.317. The van der Waals surface area contributed by atoms with Crippen molar-refractivity contribution in [3.8, 4) is 0 Å². The van der Waals surface area contributed by atoms with Gasteiger partial charge in [-0.05, 0) is 50.5 Å². The number of benzene rings is 1. The third kappa shape index (κ3) is 4.84. The molecule has 0 saturated heterocycles. The van der Waals surface area contributed by atoms with Gasteiger partial charge in [0.05, 0.1) is 17.5 Å². The summed E-state index contributed by atoms with van der Waals surface area (Å²) in [4.78, 5) is 24.5. The molecule has 0 unspecified atom stereocenters. The second-order valence-corrected chi connectivity index (χ2v) is 6.93. The lowest BCUT2D eigenvalue weighted by atomic mass is 9.88. The first-order valence-corrected chi connectivity index (χ1v) is 9.34. The SMILES string of the molecule is C/C(=N\NC(=O)c1ccoc1C)c1cccc(NC(=O)C2CCCCC2)c1. The van der Waals surface area contributed by atoms with E-state index in [1.807, 2.05) is 31.2 Å². The minimum absolute atomic E-state index is 0.0881. The van der Waals surface area contributed by atoms with Crippen LogP contribution in [0.3, 0.4) is 0 Å². The molecule has 0 spiro atoms. The number of hydrogen-bond acceptors (Lipinski definition) is 4. The van der Waals surface area contributed by atoms with Crippen LogP contribution in [0.5, 0.6) is 0 Å². The van der Waals surface area contributed by atoms with Gasteiger partial charge in [-0.25, -0.2) is 5.43 Å². The van der Waals surface area contributed by atoms with E-state index >= 15 is 0 Å². The largest absolute Gasteiger partial charge is 0.469 e. The minimum Gasteiger partial charge on any atom is -0.469 e. The normalized spacial score (nSPS) is 15.4. The summed E-state index contributed by atoms with van der Waals surface area (Å²) in [6, 6.07) is 9.11. The summed E-state index contributed by atoms with van der Waals surface area (Å²) in [6.45, 7) is 3.54. The van der Waals surface area contributed by atoms with Crippen LogP contribution in [-0.4, -0.2) is 17.5 Å². The van der Waals surface area contributed by atoms with E-state index < -0.39 is 0 Å². The lowest BCUT2D eigenvalue weighted by molar-refractivity contribution is -0.120. The van der Waals surface area contributed by atoms with E-state index in [1.54, 1.807) is 13.0 Å². The fourth-order valence-electron chi connectivity index (χ4n) is 3.31. The van der Waals surface area contributed by atoms with Crippen molar-refractivity contribution in [3.05, 3.63) is 53.5 Å². The Bertz CT molecular complexity index is 848. The lowest BCUT2D eigenvalue weighted by Crippen LogP contribution is -2.24. The van der Waals surface area contributed by atoms with Crippen LogP contribution in [-0.2, 0) is 4.79 Å². The molecule has 1 fully saturated rings. The summed E-state index contributed by atoms with van der Waals surface area (Å²) in [5.74, 6) is 0.426. The highest BCUT2D eigenvalue weighted by Gasteiger charge is 2.21. The number of hydrogen-bond donors (Lipinski definition) is 2. The molecule has 142 valence electrons. The van der Waals surface area contributed by atoms with E-state index in [0.717, 1.165) is 36.9 Å². The number of nitrogens with one attached hydrogen (secondary N) is 2. The van der Waals surface area contributed by atoms with Gasteiger partial charge in [0.15, 0.2) is 0 Å². The molecule has 0 atom stereocenters. The molecule has 6 heteroatoms. The van der Waals surface area contributed by atoms with Crippen molar-refractivity contribution in [3.63, 3.8) is 0 Å². The van der Waals surface area contributed by atoms with Crippen LogP contribution in [0.15, 0.2) is 46.1 Å². The Hall–Kier alpha value is -2.89. The Morgan fingerprint density at radius 2 is 1.93 bits per heavy atom. The Morgan fingerprint density at radius 1 is 1.15 bits per heavy atom. The van der Waals surface area contributed by atoms with Crippen LogP contribution < -0.4 is 10.7 Å². The fraction of sp³-hybridized carbons (Fsp3) is 0.381. The van der Waals surface area contributed by atoms with E-state index in [4.69, 9.17) is 4.42 Å². The fourth-order valence-corrected chi connectivity index (χ4v) is 3.31. The third-order valence-corrected chi connectivity index (χ3v) is 4.95. The van der Waals surface area contributed by atoms with Crippen LogP contribution >= 0.6 is 0 Å². The summed E-state index contributed by atoms with van der Waals surface area (Å²) in [7, 11) is 0. The van der Waals surface area contributed by atoms with Crippen molar-refractivity contribution < 1.29 is 14.0 Å². The molecule has 1 aromatic carbocycles. The van der Waals surface area contributed by atoms with E-state index in [0.29, 0.717) is 17.0 Å². The third-order valence-electron chi connectivity index (χ3n) is 4.95. The highest BCUT2D eigenvalue weighted by atomic mass is 16.3. The van der Waals surface area contributed by atoms with Crippen molar-refractivity contribution >= 4 is 23.2 Å². The number of anilines is 1. The molecule has 1 aliphatic carbocycles. The lowest BCUT2D eigenvalue weighted by Gasteiger charge is -2.20. The maximum atomic E-state index is 12.4. The average Bonchev–Trinajstić information content (AvgIpc) is 3.12. The first-order valence-electron chi connectivity index (χ1n) is 9.34. The van der Waals surface area contributed by atoms with Gasteiger partial charge in [0.1, 0.15) is 5.76 Å². The Morgan fingerprint density at radius 3 is 2.63 bits per heavy atom. The quantitative estimate of drug-likeness (QED) is 0.612. The molecule has 27 heavy (non-hydrogen) atoms. The smallest absolute Gasteiger partial charge is 0.274 e. The van der Waals surface area contributed by atoms with Crippen molar-refractivity contribution in [1.29, 1.82) is 0 Å².